The van der Waals surface area contributed by atoms with Gasteiger partial charge < -0.3 is 10.2 Å². The van der Waals surface area contributed by atoms with Gasteiger partial charge >= 0.3 is 0 Å². The van der Waals surface area contributed by atoms with Gasteiger partial charge in [0.05, 0.1) is 5.56 Å². The van der Waals surface area contributed by atoms with Crippen molar-refractivity contribution in [2.45, 2.75) is 49.5 Å². The average molecular weight is 395 g/mol. The average Bonchev–Trinajstić information content (AvgIpc) is 3.65. The number of benzene rings is 1. The van der Waals surface area contributed by atoms with E-state index in [-0.39, 0.29) is 5.91 Å². The highest BCUT2D eigenvalue weighted by atomic mass is 32.2. The van der Waals surface area contributed by atoms with Crippen molar-refractivity contribution in [3.63, 3.8) is 0 Å². The van der Waals surface area contributed by atoms with E-state index in [4.69, 9.17) is 0 Å². The van der Waals surface area contributed by atoms with Crippen LogP contribution in [-0.4, -0.2) is 30.0 Å². The van der Waals surface area contributed by atoms with Crippen LogP contribution in [-0.2, 0) is 0 Å². The fourth-order valence-electron chi connectivity index (χ4n) is 3.88. The van der Waals surface area contributed by atoms with Crippen molar-refractivity contribution < 1.29 is 4.79 Å². The number of nitrogens with one attached hydrogen (secondary N) is 2. The van der Waals surface area contributed by atoms with E-state index in [0.717, 1.165) is 29.5 Å². The van der Waals surface area contributed by atoms with Crippen LogP contribution in [0.4, 0.5) is 11.5 Å². The Morgan fingerprint density at radius 2 is 1.93 bits per heavy atom. The molecule has 0 bridgehead atoms. The summed E-state index contributed by atoms with van der Waals surface area (Å²) in [4.78, 5) is 21.0. The SMILES string of the molecule is O=C(Nc1cccc(SNC2CC2)c1)c1cccnc1N1CCC2(CC1)CC2. The van der Waals surface area contributed by atoms with Crippen molar-refractivity contribution >= 4 is 29.4 Å². The molecule has 2 N–H and O–H groups in total. The Hall–Kier alpha value is -2.05. The first-order valence-electron chi connectivity index (χ1n) is 10.2. The molecule has 28 heavy (non-hydrogen) atoms. The zero-order valence-electron chi connectivity index (χ0n) is 16.0. The van der Waals surface area contributed by atoms with Gasteiger partial charge in [-0.25, -0.2) is 4.98 Å². The highest BCUT2D eigenvalue weighted by molar-refractivity contribution is 7.97. The number of piperidine rings is 1. The number of carbonyl (C=O) groups excluding carboxylic acids is 1. The summed E-state index contributed by atoms with van der Waals surface area (Å²) >= 11 is 1.64. The zero-order valence-corrected chi connectivity index (χ0v) is 16.8. The highest BCUT2D eigenvalue weighted by Crippen LogP contribution is 2.53. The lowest BCUT2D eigenvalue weighted by atomic mass is 9.93. The molecule has 1 aromatic carbocycles. The summed E-state index contributed by atoms with van der Waals surface area (Å²) in [7, 11) is 0. The number of pyridine rings is 1. The lowest BCUT2D eigenvalue weighted by Crippen LogP contribution is -2.36. The summed E-state index contributed by atoms with van der Waals surface area (Å²) in [5, 5.41) is 3.06. The number of hydrogen-bond acceptors (Lipinski definition) is 5. The van der Waals surface area contributed by atoms with E-state index in [1.807, 2.05) is 30.3 Å². The minimum absolute atomic E-state index is 0.0906. The maximum atomic E-state index is 13.0. The second kappa shape index (κ2) is 7.41. The third kappa shape index (κ3) is 4.03. The summed E-state index contributed by atoms with van der Waals surface area (Å²) in [6, 6.07) is 12.4. The first-order valence-corrected chi connectivity index (χ1v) is 11.1. The maximum absolute atomic E-state index is 13.0. The summed E-state index contributed by atoms with van der Waals surface area (Å²) in [5.74, 6) is 0.726. The van der Waals surface area contributed by atoms with Crippen molar-refractivity contribution in [2.75, 3.05) is 23.3 Å². The van der Waals surface area contributed by atoms with Gasteiger partial charge in [-0.3, -0.25) is 9.52 Å². The van der Waals surface area contributed by atoms with Crippen LogP contribution in [0.5, 0.6) is 0 Å². The van der Waals surface area contributed by atoms with Crippen LogP contribution >= 0.6 is 11.9 Å². The van der Waals surface area contributed by atoms with Crippen LogP contribution in [0.25, 0.3) is 0 Å². The van der Waals surface area contributed by atoms with Gasteiger partial charge in [-0.05, 0) is 86.2 Å². The molecule has 5 nitrogen and oxygen atoms in total. The van der Waals surface area contributed by atoms with Gasteiger partial charge in [-0.1, -0.05) is 6.07 Å². The minimum Gasteiger partial charge on any atom is -0.356 e. The fourth-order valence-corrected chi connectivity index (χ4v) is 4.76. The molecule has 1 aliphatic heterocycles. The molecule has 1 saturated heterocycles. The van der Waals surface area contributed by atoms with Crippen LogP contribution in [0.15, 0.2) is 47.5 Å². The van der Waals surface area contributed by atoms with Crippen molar-refractivity contribution in [2.24, 2.45) is 5.41 Å². The lowest BCUT2D eigenvalue weighted by Gasteiger charge is -2.33. The molecule has 3 aliphatic rings. The Balaban J connectivity index is 1.28. The van der Waals surface area contributed by atoms with Gasteiger partial charge in [0.25, 0.3) is 5.91 Å². The van der Waals surface area contributed by atoms with Gasteiger partial charge in [-0.2, -0.15) is 0 Å². The third-order valence-corrected chi connectivity index (χ3v) is 7.07. The van der Waals surface area contributed by atoms with Gasteiger partial charge in [-0.15, -0.1) is 0 Å². The van der Waals surface area contributed by atoms with Crippen LogP contribution in [0.2, 0.25) is 0 Å². The number of aromatic nitrogens is 1. The third-order valence-electron chi connectivity index (χ3n) is 6.12. The van der Waals surface area contributed by atoms with Crippen LogP contribution in [0, 0.1) is 5.41 Å². The van der Waals surface area contributed by atoms with E-state index in [9.17, 15) is 4.79 Å². The Kier molecular flexibility index (Phi) is 4.77. The second-order valence-electron chi connectivity index (χ2n) is 8.34. The first kappa shape index (κ1) is 18.0. The molecule has 2 aromatic rings. The molecule has 2 saturated carbocycles. The lowest BCUT2D eigenvalue weighted by molar-refractivity contribution is 0.102. The number of nitrogens with zero attached hydrogens (tertiary/aromatic N) is 2. The standard InChI is InChI=1S/C22H26N4OS/c27-21(24-17-3-1-4-18(15-17)28-25-16-6-7-16)19-5-2-12-23-20(19)26-13-10-22(8-9-22)11-14-26/h1-5,12,15-16,25H,6-11,13-14H2,(H,24,27). The number of hydrogen-bond donors (Lipinski definition) is 2. The molecule has 5 rings (SSSR count). The van der Waals surface area contributed by atoms with Crippen molar-refractivity contribution in [1.29, 1.82) is 0 Å². The second-order valence-corrected chi connectivity index (χ2v) is 9.25. The van der Waals surface area contributed by atoms with Crippen LogP contribution < -0.4 is 14.9 Å². The van der Waals surface area contributed by atoms with Crippen molar-refractivity contribution in [1.82, 2.24) is 9.71 Å². The topological polar surface area (TPSA) is 57.3 Å². The number of rotatable bonds is 6. The predicted molar refractivity (Wildman–Crippen MR) is 114 cm³/mol. The molecule has 2 aliphatic carbocycles. The maximum Gasteiger partial charge on any atom is 0.259 e. The zero-order chi connectivity index (χ0) is 19.0. The Labute approximate surface area is 170 Å². The van der Waals surface area contributed by atoms with E-state index in [1.165, 1.54) is 38.5 Å². The van der Waals surface area contributed by atoms with Crippen LogP contribution in [0.1, 0.15) is 48.9 Å². The smallest absolute Gasteiger partial charge is 0.259 e. The Bertz CT molecular complexity index is 868. The molecule has 6 heteroatoms. The summed E-state index contributed by atoms with van der Waals surface area (Å²) in [5.41, 5.74) is 2.08. The molecule has 0 unspecified atom stereocenters. The van der Waals surface area contributed by atoms with E-state index < -0.39 is 0 Å². The molecule has 1 spiro atoms. The molecular formula is C22H26N4OS. The largest absolute Gasteiger partial charge is 0.356 e. The molecule has 0 atom stereocenters. The van der Waals surface area contributed by atoms with Crippen molar-refractivity contribution in [3.8, 4) is 0 Å². The number of amides is 1. The minimum atomic E-state index is -0.0906. The summed E-state index contributed by atoms with van der Waals surface area (Å²) < 4.78 is 3.44. The molecule has 0 radical (unpaired) electrons. The molecule has 3 fully saturated rings. The molecule has 1 aromatic heterocycles. The van der Waals surface area contributed by atoms with Gasteiger partial charge in [0.15, 0.2) is 0 Å². The Morgan fingerprint density at radius 3 is 2.68 bits per heavy atom. The van der Waals surface area contributed by atoms with Gasteiger partial charge in [0.2, 0.25) is 0 Å². The number of carbonyl (C=O) groups is 1. The first-order chi connectivity index (χ1) is 13.7. The van der Waals surface area contributed by atoms with E-state index in [1.54, 1.807) is 18.1 Å². The van der Waals surface area contributed by atoms with Gasteiger partial charge in [0.1, 0.15) is 5.82 Å². The Morgan fingerprint density at radius 1 is 1.11 bits per heavy atom. The quantitative estimate of drug-likeness (QED) is 0.708. The van der Waals surface area contributed by atoms with Crippen molar-refractivity contribution in [3.05, 3.63) is 48.2 Å². The van der Waals surface area contributed by atoms with Gasteiger partial charge in [0, 0.05) is 35.9 Å². The van der Waals surface area contributed by atoms with E-state index in [0.29, 0.717) is 17.0 Å². The normalized spacial score (nSPS) is 20.2. The molecule has 1 amide bonds. The monoisotopic (exact) mass is 394 g/mol. The molecule has 146 valence electrons. The summed E-state index contributed by atoms with van der Waals surface area (Å²) in [6.07, 6.45) is 9.49. The summed E-state index contributed by atoms with van der Waals surface area (Å²) in [6.45, 7) is 1.99. The molecule has 2 heterocycles. The van der Waals surface area contributed by atoms with Crippen LogP contribution in [0.3, 0.4) is 0 Å². The highest BCUT2D eigenvalue weighted by Gasteiger charge is 2.44. The number of anilines is 2. The fraction of sp³-hybridized carbons (Fsp3) is 0.455. The van der Waals surface area contributed by atoms with E-state index in [2.05, 4.69) is 26.0 Å². The van der Waals surface area contributed by atoms with E-state index >= 15 is 0 Å². The predicted octanol–water partition coefficient (Wildman–Crippen LogP) is 4.47. The molecular weight excluding hydrogens is 368 g/mol.